The summed E-state index contributed by atoms with van der Waals surface area (Å²) in [6.45, 7) is 7.87. The van der Waals surface area contributed by atoms with Gasteiger partial charge in [-0.25, -0.2) is 0 Å². The number of nitrogens with zero attached hydrogens (tertiary/aromatic N) is 2. The molecule has 0 bridgehead atoms. The Bertz CT molecular complexity index is 432. The van der Waals surface area contributed by atoms with E-state index < -0.39 is 0 Å². The van der Waals surface area contributed by atoms with Gasteiger partial charge in [-0.05, 0) is 30.9 Å². The van der Waals surface area contributed by atoms with Crippen molar-refractivity contribution in [3.8, 4) is 0 Å². The summed E-state index contributed by atoms with van der Waals surface area (Å²) < 4.78 is 3.92. The van der Waals surface area contributed by atoms with Crippen molar-refractivity contribution < 1.29 is 4.79 Å². The van der Waals surface area contributed by atoms with Gasteiger partial charge in [-0.3, -0.25) is 4.79 Å². The van der Waals surface area contributed by atoms with Crippen molar-refractivity contribution in [1.82, 2.24) is 20.2 Å². The molecule has 0 aromatic carbocycles. The second-order valence-corrected chi connectivity index (χ2v) is 6.81. The minimum Gasteiger partial charge on any atom is -0.350 e. The monoisotopic (exact) mass is 282 g/mol. The summed E-state index contributed by atoms with van der Waals surface area (Å²) in [5, 5.41) is 10.5. The fourth-order valence-corrected chi connectivity index (χ4v) is 3.02. The number of nitrogens with one attached hydrogen (secondary N) is 2. The summed E-state index contributed by atoms with van der Waals surface area (Å²) in [5.74, 6) is -0.0488. The van der Waals surface area contributed by atoms with Crippen molar-refractivity contribution >= 4 is 17.4 Å². The third-order valence-electron chi connectivity index (χ3n) is 3.33. The van der Waals surface area contributed by atoms with Crippen LogP contribution in [0, 0.1) is 0 Å². The lowest BCUT2D eigenvalue weighted by Gasteiger charge is -2.23. The summed E-state index contributed by atoms with van der Waals surface area (Å²) in [5.41, 5.74) is 0.634. The zero-order chi connectivity index (χ0) is 13.9. The molecule has 2 N–H and O–H groups in total. The van der Waals surface area contributed by atoms with Crippen molar-refractivity contribution in [2.24, 2.45) is 0 Å². The molecule has 5 nitrogen and oxygen atoms in total. The second kappa shape index (κ2) is 5.96. The molecule has 1 atom stereocenters. The smallest absolute Gasteiger partial charge is 0.265 e. The highest BCUT2D eigenvalue weighted by Gasteiger charge is 2.26. The molecule has 0 saturated carbocycles. The van der Waals surface area contributed by atoms with Crippen LogP contribution in [0.1, 0.15) is 55.4 Å². The van der Waals surface area contributed by atoms with E-state index in [-0.39, 0.29) is 11.3 Å². The lowest BCUT2D eigenvalue weighted by molar-refractivity contribution is 0.0949. The molecule has 19 heavy (non-hydrogen) atoms. The third kappa shape index (κ3) is 3.73. The fraction of sp³-hybridized carbons (Fsp3) is 0.769. The Morgan fingerprint density at radius 2 is 2.26 bits per heavy atom. The van der Waals surface area contributed by atoms with Gasteiger partial charge in [-0.1, -0.05) is 31.7 Å². The minimum absolute atomic E-state index is 0.0488. The molecule has 1 fully saturated rings. The lowest BCUT2D eigenvalue weighted by Crippen LogP contribution is -2.43. The van der Waals surface area contributed by atoms with Crippen LogP contribution >= 0.6 is 11.5 Å². The standard InChI is InChI=1S/C13H22N4OS/c1-13(2,3)11-10(19-17-16-11)12(18)15-8-9-6-4-5-7-14-9/h9,14H,4-8H2,1-3H3,(H,15,18). The number of hydrogen-bond donors (Lipinski definition) is 2. The van der Waals surface area contributed by atoms with Gasteiger partial charge in [0.1, 0.15) is 4.88 Å². The molecule has 6 heteroatoms. The Balaban J connectivity index is 1.94. The molecule has 1 aromatic rings. The van der Waals surface area contributed by atoms with Crippen molar-refractivity contribution in [1.29, 1.82) is 0 Å². The summed E-state index contributed by atoms with van der Waals surface area (Å²) >= 11 is 1.18. The minimum atomic E-state index is -0.150. The van der Waals surface area contributed by atoms with Crippen LogP contribution in [0.15, 0.2) is 0 Å². The highest BCUT2D eigenvalue weighted by Crippen LogP contribution is 2.25. The van der Waals surface area contributed by atoms with Gasteiger partial charge in [0, 0.05) is 18.0 Å². The Hall–Kier alpha value is -1.01. The van der Waals surface area contributed by atoms with E-state index in [1.54, 1.807) is 0 Å². The van der Waals surface area contributed by atoms with E-state index in [0.717, 1.165) is 18.7 Å². The zero-order valence-corrected chi connectivity index (χ0v) is 12.6. The van der Waals surface area contributed by atoms with Gasteiger partial charge < -0.3 is 10.6 Å². The normalized spacial score (nSPS) is 20.3. The molecule has 106 valence electrons. The summed E-state index contributed by atoms with van der Waals surface area (Å²) in [6, 6.07) is 0.400. The van der Waals surface area contributed by atoms with Gasteiger partial charge >= 0.3 is 0 Å². The topological polar surface area (TPSA) is 66.9 Å². The van der Waals surface area contributed by atoms with E-state index in [9.17, 15) is 4.79 Å². The Kier molecular flexibility index (Phi) is 4.52. The maximum atomic E-state index is 12.2. The average molecular weight is 282 g/mol. The molecule has 1 unspecified atom stereocenters. The Morgan fingerprint density at radius 1 is 1.47 bits per heavy atom. The number of piperidine rings is 1. The first kappa shape index (κ1) is 14.4. The van der Waals surface area contributed by atoms with Crippen molar-refractivity contribution in [2.45, 2.75) is 51.5 Å². The molecular formula is C13H22N4OS. The van der Waals surface area contributed by atoms with E-state index in [1.165, 1.54) is 24.4 Å². The van der Waals surface area contributed by atoms with Crippen LogP contribution in [0.2, 0.25) is 0 Å². The number of carbonyl (C=O) groups excluding carboxylic acids is 1. The quantitative estimate of drug-likeness (QED) is 0.885. The van der Waals surface area contributed by atoms with Gasteiger partial charge in [0.15, 0.2) is 0 Å². The van der Waals surface area contributed by atoms with Crippen LogP contribution < -0.4 is 10.6 Å². The van der Waals surface area contributed by atoms with Gasteiger partial charge in [-0.15, -0.1) is 5.10 Å². The molecule has 1 amide bonds. The van der Waals surface area contributed by atoms with E-state index in [4.69, 9.17) is 0 Å². The van der Waals surface area contributed by atoms with Crippen LogP contribution in [0.25, 0.3) is 0 Å². The molecule has 1 saturated heterocycles. The average Bonchev–Trinajstić information content (AvgIpc) is 2.86. The molecule has 1 aliphatic heterocycles. The largest absolute Gasteiger partial charge is 0.350 e. The molecule has 1 aliphatic rings. The first-order chi connectivity index (χ1) is 8.98. The van der Waals surface area contributed by atoms with E-state index in [0.29, 0.717) is 17.5 Å². The van der Waals surface area contributed by atoms with E-state index in [1.807, 2.05) is 20.8 Å². The third-order valence-corrected chi connectivity index (χ3v) is 4.05. The van der Waals surface area contributed by atoms with E-state index in [2.05, 4.69) is 20.2 Å². The van der Waals surface area contributed by atoms with Crippen LogP contribution in [-0.4, -0.2) is 34.6 Å². The number of hydrogen-bond acceptors (Lipinski definition) is 5. The van der Waals surface area contributed by atoms with Crippen molar-refractivity contribution in [3.63, 3.8) is 0 Å². The van der Waals surface area contributed by atoms with Gasteiger partial charge in [0.25, 0.3) is 5.91 Å². The maximum Gasteiger partial charge on any atom is 0.265 e. The van der Waals surface area contributed by atoms with Crippen LogP contribution in [0.3, 0.4) is 0 Å². The molecular weight excluding hydrogens is 260 g/mol. The predicted molar refractivity (Wildman–Crippen MR) is 76.6 cm³/mol. The highest BCUT2D eigenvalue weighted by molar-refractivity contribution is 7.08. The summed E-state index contributed by atoms with van der Waals surface area (Å²) in [7, 11) is 0. The molecule has 0 radical (unpaired) electrons. The Morgan fingerprint density at radius 3 is 2.89 bits per heavy atom. The first-order valence-electron chi connectivity index (χ1n) is 6.83. The molecule has 2 heterocycles. The lowest BCUT2D eigenvalue weighted by atomic mass is 9.91. The summed E-state index contributed by atoms with van der Waals surface area (Å²) in [4.78, 5) is 12.8. The van der Waals surface area contributed by atoms with Gasteiger partial charge in [0.05, 0.1) is 5.69 Å². The zero-order valence-electron chi connectivity index (χ0n) is 11.8. The number of amides is 1. The number of aromatic nitrogens is 2. The molecule has 1 aromatic heterocycles. The van der Waals surface area contributed by atoms with Gasteiger partial charge in [-0.2, -0.15) is 0 Å². The van der Waals surface area contributed by atoms with E-state index >= 15 is 0 Å². The van der Waals surface area contributed by atoms with Crippen LogP contribution in [-0.2, 0) is 5.41 Å². The highest BCUT2D eigenvalue weighted by atomic mass is 32.1. The SMILES string of the molecule is CC(C)(C)c1nnsc1C(=O)NCC1CCCCN1. The van der Waals surface area contributed by atoms with Crippen molar-refractivity contribution in [3.05, 3.63) is 10.6 Å². The van der Waals surface area contributed by atoms with Gasteiger partial charge in [0.2, 0.25) is 0 Å². The van der Waals surface area contributed by atoms with Crippen LogP contribution in [0.4, 0.5) is 0 Å². The summed E-state index contributed by atoms with van der Waals surface area (Å²) in [6.07, 6.45) is 3.60. The van der Waals surface area contributed by atoms with Crippen LogP contribution in [0.5, 0.6) is 0 Å². The number of rotatable bonds is 3. The maximum absolute atomic E-state index is 12.2. The number of carbonyl (C=O) groups is 1. The first-order valence-corrected chi connectivity index (χ1v) is 7.60. The molecule has 0 aliphatic carbocycles. The predicted octanol–water partition coefficient (Wildman–Crippen LogP) is 1.71. The fourth-order valence-electron chi connectivity index (χ4n) is 2.22. The Labute approximate surface area is 118 Å². The molecule has 2 rings (SSSR count). The molecule has 0 spiro atoms. The van der Waals surface area contributed by atoms with Crippen molar-refractivity contribution in [2.75, 3.05) is 13.1 Å². The second-order valence-electron chi connectivity index (χ2n) is 6.06.